The number of carbonyl (C=O) groups excluding carboxylic acids is 1. The Morgan fingerprint density at radius 3 is 2.42 bits per heavy atom. The maximum atomic E-state index is 13.2. The highest BCUT2D eigenvalue weighted by Gasteiger charge is 2.50. The van der Waals surface area contributed by atoms with Crippen LogP contribution in [0.4, 0.5) is 0 Å². The Labute approximate surface area is 162 Å². The number of ether oxygens (including phenoxy) is 1. The number of hydrogen-bond acceptors (Lipinski definition) is 4. The molecule has 0 spiro atoms. The van der Waals surface area contributed by atoms with Crippen molar-refractivity contribution in [2.75, 3.05) is 7.05 Å². The second-order valence-corrected chi connectivity index (χ2v) is 8.10. The number of halogens is 1. The molecule has 3 aliphatic rings. The predicted molar refractivity (Wildman–Crippen MR) is 103 cm³/mol. The van der Waals surface area contributed by atoms with Crippen molar-refractivity contribution in [3.05, 3.63) is 35.9 Å². The number of likely N-dealkylation sites (N-methyl/N-ethyl adjacent to an activating group) is 1. The third kappa shape index (κ3) is 3.28. The second kappa shape index (κ2) is 7.87. The van der Waals surface area contributed by atoms with Crippen LogP contribution in [-0.2, 0) is 15.1 Å². The largest absolute Gasteiger partial charge is 0.458 e. The number of piperidine rings is 1. The van der Waals surface area contributed by atoms with Gasteiger partial charge in [-0.15, -0.1) is 12.4 Å². The molecule has 2 saturated heterocycles. The van der Waals surface area contributed by atoms with Crippen LogP contribution in [0.3, 0.4) is 0 Å². The Morgan fingerprint density at radius 1 is 1.08 bits per heavy atom. The Hall–Kier alpha value is -1.10. The Balaban J connectivity index is 0.00000196. The molecule has 4 rings (SSSR count). The van der Waals surface area contributed by atoms with Crippen LogP contribution in [-0.4, -0.2) is 41.2 Å². The Kier molecular flexibility index (Phi) is 5.95. The van der Waals surface area contributed by atoms with Crippen molar-refractivity contribution in [2.24, 2.45) is 5.92 Å². The lowest BCUT2D eigenvalue weighted by Gasteiger charge is -2.39. The van der Waals surface area contributed by atoms with Gasteiger partial charge in [0.1, 0.15) is 6.10 Å². The third-order valence-corrected chi connectivity index (χ3v) is 6.84. The second-order valence-electron chi connectivity index (χ2n) is 8.10. The zero-order valence-electron chi connectivity index (χ0n) is 15.5. The molecule has 26 heavy (non-hydrogen) atoms. The minimum atomic E-state index is -1.51. The molecule has 2 heterocycles. The summed E-state index contributed by atoms with van der Waals surface area (Å²) in [6.07, 6.45) is 8.11. The summed E-state index contributed by atoms with van der Waals surface area (Å²) >= 11 is 0. The molecule has 4 atom stereocenters. The monoisotopic (exact) mass is 379 g/mol. The molecular weight excluding hydrogens is 350 g/mol. The highest BCUT2D eigenvalue weighted by molar-refractivity contribution is 5.85. The van der Waals surface area contributed by atoms with E-state index in [0.29, 0.717) is 17.6 Å². The first-order valence-corrected chi connectivity index (χ1v) is 9.81. The standard InChI is InChI=1S/C21H29NO3.ClH/c1-22-17-11-13-18(22)19(14-12-17)25-20(23)21(24,16-9-5-6-10-16)15-7-3-2-4-8-15;/h2-4,7-8,16-19,24H,5-6,9-14H2,1H3;1H. The minimum Gasteiger partial charge on any atom is -0.458 e. The quantitative estimate of drug-likeness (QED) is 0.811. The van der Waals surface area contributed by atoms with E-state index in [4.69, 9.17) is 4.74 Å². The third-order valence-electron chi connectivity index (χ3n) is 6.84. The van der Waals surface area contributed by atoms with Gasteiger partial charge < -0.3 is 9.84 Å². The number of nitrogens with zero attached hydrogens (tertiary/aromatic N) is 1. The molecule has 1 aliphatic carbocycles. The van der Waals surface area contributed by atoms with Gasteiger partial charge in [-0.1, -0.05) is 43.2 Å². The summed E-state index contributed by atoms with van der Waals surface area (Å²) in [5.41, 5.74) is -0.827. The van der Waals surface area contributed by atoms with E-state index in [1.54, 1.807) is 0 Å². The molecule has 3 fully saturated rings. The lowest BCUT2D eigenvalue weighted by Crippen LogP contribution is -2.51. The summed E-state index contributed by atoms with van der Waals surface area (Å²) in [5, 5.41) is 11.5. The molecule has 5 heteroatoms. The number of aliphatic hydroxyl groups is 1. The molecule has 0 amide bonds. The number of esters is 1. The fourth-order valence-corrected chi connectivity index (χ4v) is 5.31. The fraction of sp³-hybridized carbons (Fsp3) is 0.667. The molecule has 0 aromatic heterocycles. The van der Waals surface area contributed by atoms with Gasteiger partial charge in [0.2, 0.25) is 0 Å². The van der Waals surface area contributed by atoms with Crippen LogP contribution in [0, 0.1) is 5.92 Å². The number of carbonyl (C=O) groups is 1. The molecule has 0 radical (unpaired) electrons. The highest BCUT2D eigenvalue weighted by Crippen LogP contribution is 2.43. The van der Waals surface area contributed by atoms with E-state index in [1.165, 1.54) is 6.42 Å². The van der Waals surface area contributed by atoms with Gasteiger partial charge in [0.15, 0.2) is 5.60 Å². The number of fused-ring (bicyclic) bond motifs is 2. The van der Waals surface area contributed by atoms with Gasteiger partial charge >= 0.3 is 5.97 Å². The fourth-order valence-electron chi connectivity index (χ4n) is 5.31. The summed E-state index contributed by atoms with van der Waals surface area (Å²) in [5.74, 6) is -0.477. The normalized spacial score (nSPS) is 31.2. The molecular formula is C21H30ClNO3. The summed E-state index contributed by atoms with van der Waals surface area (Å²) in [6.45, 7) is 0. The number of hydrogen-bond donors (Lipinski definition) is 1. The number of rotatable bonds is 4. The average Bonchev–Trinajstić information content (AvgIpc) is 3.24. The summed E-state index contributed by atoms with van der Waals surface area (Å²) in [7, 11) is 2.14. The van der Waals surface area contributed by atoms with Gasteiger partial charge in [-0.25, -0.2) is 4.79 Å². The lowest BCUT2D eigenvalue weighted by atomic mass is 9.80. The van der Waals surface area contributed by atoms with Crippen molar-refractivity contribution < 1.29 is 14.6 Å². The van der Waals surface area contributed by atoms with Gasteiger partial charge in [-0.3, -0.25) is 4.90 Å². The van der Waals surface area contributed by atoms with Gasteiger partial charge in [0, 0.05) is 18.0 Å². The van der Waals surface area contributed by atoms with E-state index in [9.17, 15) is 9.90 Å². The van der Waals surface area contributed by atoms with Gasteiger partial charge in [-0.2, -0.15) is 0 Å². The van der Waals surface area contributed by atoms with Crippen molar-refractivity contribution in [3.63, 3.8) is 0 Å². The molecule has 2 aliphatic heterocycles. The van der Waals surface area contributed by atoms with E-state index in [2.05, 4.69) is 11.9 Å². The molecule has 144 valence electrons. The van der Waals surface area contributed by atoms with E-state index in [1.807, 2.05) is 30.3 Å². The maximum Gasteiger partial charge on any atom is 0.343 e. The Bertz CT molecular complexity index is 619. The lowest BCUT2D eigenvalue weighted by molar-refractivity contribution is -0.184. The highest BCUT2D eigenvalue weighted by atomic mass is 35.5. The molecule has 4 unspecified atom stereocenters. The van der Waals surface area contributed by atoms with Crippen LogP contribution in [0.1, 0.15) is 56.9 Å². The maximum absolute atomic E-state index is 13.2. The van der Waals surface area contributed by atoms with E-state index in [-0.39, 0.29) is 24.4 Å². The summed E-state index contributed by atoms with van der Waals surface area (Å²) < 4.78 is 5.99. The molecule has 2 bridgehead atoms. The topological polar surface area (TPSA) is 49.8 Å². The zero-order chi connectivity index (χ0) is 17.4. The van der Waals surface area contributed by atoms with Crippen molar-refractivity contribution in [2.45, 2.75) is 75.2 Å². The van der Waals surface area contributed by atoms with E-state index >= 15 is 0 Å². The zero-order valence-corrected chi connectivity index (χ0v) is 16.3. The van der Waals surface area contributed by atoms with E-state index in [0.717, 1.165) is 44.9 Å². The molecule has 1 N–H and O–H groups in total. The van der Waals surface area contributed by atoms with Crippen LogP contribution in [0.25, 0.3) is 0 Å². The van der Waals surface area contributed by atoms with Crippen LogP contribution >= 0.6 is 12.4 Å². The SMILES string of the molecule is CN1C2CCC(OC(=O)C(O)(c3ccccc3)C3CCCC3)C1CC2.Cl. The average molecular weight is 380 g/mol. The predicted octanol–water partition coefficient (Wildman–Crippen LogP) is 3.65. The summed E-state index contributed by atoms with van der Waals surface area (Å²) in [4.78, 5) is 15.6. The van der Waals surface area contributed by atoms with Gasteiger partial charge in [0.25, 0.3) is 0 Å². The van der Waals surface area contributed by atoms with Crippen LogP contribution in [0.5, 0.6) is 0 Å². The minimum absolute atomic E-state index is 0. The first kappa shape index (κ1) is 19.7. The molecule has 1 saturated carbocycles. The van der Waals surface area contributed by atoms with Crippen LogP contribution < -0.4 is 0 Å². The van der Waals surface area contributed by atoms with Crippen molar-refractivity contribution in [3.8, 4) is 0 Å². The number of benzene rings is 1. The van der Waals surface area contributed by atoms with Gasteiger partial charge in [0.05, 0.1) is 0 Å². The van der Waals surface area contributed by atoms with E-state index < -0.39 is 11.6 Å². The van der Waals surface area contributed by atoms with Crippen molar-refractivity contribution >= 4 is 18.4 Å². The first-order valence-electron chi connectivity index (χ1n) is 9.81. The van der Waals surface area contributed by atoms with Crippen LogP contribution in [0.2, 0.25) is 0 Å². The molecule has 1 aromatic rings. The Morgan fingerprint density at radius 2 is 1.73 bits per heavy atom. The van der Waals surface area contributed by atoms with Crippen LogP contribution in [0.15, 0.2) is 30.3 Å². The van der Waals surface area contributed by atoms with Crippen molar-refractivity contribution in [1.29, 1.82) is 0 Å². The van der Waals surface area contributed by atoms with Gasteiger partial charge in [-0.05, 0) is 51.1 Å². The molecule has 1 aromatic carbocycles. The van der Waals surface area contributed by atoms with Crippen molar-refractivity contribution in [1.82, 2.24) is 4.90 Å². The smallest absolute Gasteiger partial charge is 0.343 e. The molecule has 4 nitrogen and oxygen atoms in total. The first-order chi connectivity index (χ1) is 12.1. The summed E-state index contributed by atoms with van der Waals surface area (Å²) in [6, 6.07) is 10.4.